The second-order valence-corrected chi connectivity index (χ2v) is 13.7. The number of methoxy groups -OCH3 is 1. The van der Waals surface area contributed by atoms with Crippen LogP contribution >= 0.6 is 0 Å². The molecule has 8 nitrogen and oxygen atoms in total. The first-order valence-corrected chi connectivity index (χ1v) is 16.0. The number of hydrogen-bond acceptors (Lipinski definition) is 6. The van der Waals surface area contributed by atoms with E-state index in [0.717, 1.165) is 48.1 Å². The summed E-state index contributed by atoms with van der Waals surface area (Å²) in [6.45, 7) is 20.2. The van der Waals surface area contributed by atoms with Crippen molar-refractivity contribution < 1.29 is 19.4 Å². The Morgan fingerprint density at radius 1 is 1.11 bits per heavy atom. The minimum absolute atomic E-state index is 0.184. The van der Waals surface area contributed by atoms with Gasteiger partial charge < -0.3 is 30.9 Å². The van der Waals surface area contributed by atoms with Crippen LogP contribution in [0, 0.1) is 22.2 Å². The van der Waals surface area contributed by atoms with Crippen molar-refractivity contribution >= 4 is 23.2 Å². The van der Waals surface area contributed by atoms with Gasteiger partial charge in [-0.1, -0.05) is 59.8 Å². The van der Waals surface area contributed by atoms with Crippen molar-refractivity contribution in [3.8, 4) is 5.75 Å². The van der Waals surface area contributed by atoms with Crippen molar-refractivity contribution in [1.82, 2.24) is 10.2 Å². The highest BCUT2D eigenvalue weighted by Crippen LogP contribution is 2.29. The lowest BCUT2D eigenvalue weighted by atomic mass is 9.90. The maximum absolute atomic E-state index is 13.1. The quantitative estimate of drug-likeness (QED) is 0.140. The Labute approximate surface area is 272 Å². The van der Waals surface area contributed by atoms with Gasteiger partial charge >= 0.3 is 0 Å². The first-order chi connectivity index (χ1) is 20.8. The molecule has 0 bridgehead atoms. The van der Waals surface area contributed by atoms with Crippen molar-refractivity contribution in [1.29, 1.82) is 10.8 Å². The number of ether oxygens (including phenoxy) is 1. The largest absolute Gasteiger partial charge is 0.496 e. The Hall–Kier alpha value is -3.52. The molecule has 4 N–H and O–H groups in total. The van der Waals surface area contributed by atoms with Crippen molar-refractivity contribution in [2.45, 2.75) is 113 Å². The van der Waals surface area contributed by atoms with Crippen molar-refractivity contribution in [3.05, 3.63) is 64.4 Å². The molecule has 1 aliphatic rings. The summed E-state index contributed by atoms with van der Waals surface area (Å²) in [5.41, 5.74) is 4.18. The molecule has 0 aromatic heterocycles. The molecular weight excluding hydrogens is 564 g/mol. The summed E-state index contributed by atoms with van der Waals surface area (Å²) in [7, 11) is 1.53. The SMILES string of the molecule is CC(=N)CCC(C)(C)C.CC/C=C(/C=C\C=C(/C)NC(=O)c1cc2c(cc1OC)CCN(C(=O)C(C)(C)O)C2)C(=N)C(C)CC. The molecule has 0 saturated heterocycles. The van der Waals surface area contributed by atoms with Gasteiger partial charge in [-0.05, 0) is 106 Å². The van der Waals surface area contributed by atoms with Crippen LogP contribution in [0.5, 0.6) is 5.75 Å². The van der Waals surface area contributed by atoms with E-state index in [9.17, 15) is 14.7 Å². The minimum atomic E-state index is -1.45. The van der Waals surface area contributed by atoms with Crippen LogP contribution in [0.3, 0.4) is 0 Å². The summed E-state index contributed by atoms with van der Waals surface area (Å²) in [5, 5.41) is 28.6. The molecule has 1 heterocycles. The average molecular weight is 623 g/mol. The minimum Gasteiger partial charge on any atom is -0.496 e. The Bertz CT molecular complexity index is 1290. The second kappa shape index (κ2) is 17.8. The molecule has 1 aromatic carbocycles. The summed E-state index contributed by atoms with van der Waals surface area (Å²) in [4.78, 5) is 27.3. The predicted molar refractivity (Wildman–Crippen MR) is 186 cm³/mol. The molecule has 0 radical (unpaired) electrons. The van der Waals surface area contributed by atoms with Gasteiger partial charge in [-0.25, -0.2) is 0 Å². The van der Waals surface area contributed by atoms with Gasteiger partial charge in [0.25, 0.3) is 11.8 Å². The molecular formula is C37H58N4O4. The lowest BCUT2D eigenvalue weighted by Crippen LogP contribution is -2.47. The number of fused-ring (bicyclic) bond motifs is 1. The fourth-order valence-electron chi connectivity index (χ4n) is 4.62. The fourth-order valence-corrected chi connectivity index (χ4v) is 4.62. The van der Waals surface area contributed by atoms with Crippen LogP contribution in [0.1, 0.15) is 116 Å². The van der Waals surface area contributed by atoms with Gasteiger partial charge in [0.2, 0.25) is 0 Å². The van der Waals surface area contributed by atoms with E-state index in [2.05, 4.69) is 33.0 Å². The van der Waals surface area contributed by atoms with Crippen LogP contribution in [0.4, 0.5) is 0 Å². The molecule has 1 aliphatic heterocycles. The summed E-state index contributed by atoms with van der Waals surface area (Å²) in [5.74, 6) is 0.0215. The van der Waals surface area contributed by atoms with Crippen LogP contribution in [0.25, 0.3) is 0 Å². The van der Waals surface area contributed by atoms with E-state index >= 15 is 0 Å². The summed E-state index contributed by atoms with van der Waals surface area (Å²) in [6.07, 6.45) is 12.0. The lowest BCUT2D eigenvalue weighted by molar-refractivity contribution is -0.148. The maximum Gasteiger partial charge on any atom is 0.259 e. The number of nitrogens with one attached hydrogen (secondary N) is 3. The third-order valence-electron chi connectivity index (χ3n) is 7.61. The number of aliphatic hydroxyl groups is 1. The predicted octanol–water partition coefficient (Wildman–Crippen LogP) is 7.80. The Balaban J connectivity index is 0.000000975. The van der Waals surface area contributed by atoms with Crippen LogP contribution in [-0.2, 0) is 17.8 Å². The zero-order valence-electron chi connectivity index (χ0n) is 29.6. The van der Waals surface area contributed by atoms with Gasteiger partial charge in [0.05, 0.1) is 12.7 Å². The van der Waals surface area contributed by atoms with Crippen LogP contribution < -0.4 is 10.1 Å². The number of benzene rings is 1. The maximum atomic E-state index is 13.1. The number of rotatable bonds is 12. The third kappa shape index (κ3) is 13.6. The lowest BCUT2D eigenvalue weighted by Gasteiger charge is -2.33. The molecule has 250 valence electrons. The second-order valence-electron chi connectivity index (χ2n) is 13.7. The molecule has 1 atom stereocenters. The molecule has 2 rings (SSSR count). The highest BCUT2D eigenvalue weighted by molar-refractivity contribution is 6.01. The number of amides is 2. The van der Waals surface area contributed by atoms with E-state index in [-0.39, 0.29) is 17.7 Å². The molecule has 0 saturated carbocycles. The first kappa shape index (κ1) is 39.5. The summed E-state index contributed by atoms with van der Waals surface area (Å²) < 4.78 is 5.50. The smallest absolute Gasteiger partial charge is 0.259 e. The van der Waals surface area contributed by atoms with Crippen molar-refractivity contribution in [2.24, 2.45) is 11.3 Å². The Kier molecular flexibility index (Phi) is 15.7. The van der Waals surface area contributed by atoms with Crippen LogP contribution in [0.15, 0.2) is 47.7 Å². The zero-order chi connectivity index (χ0) is 34.5. The number of carbonyl (C=O) groups excluding carboxylic acids is 2. The van der Waals surface area contributed by atoms with E-state index in [1.54, 1.807) is 24.0 Å². The monoisotopic (exact) mass is 622 g/mol. The molecule has 1 aromatic rings. The number of carbonyl (C=O) groups is 2. The standard InChI is InChI=1S/C29H41N3O4.C8H17N/c1-8-11-21(26(30)19(3)9-2)13-10-12-20(4)31-27(33)24-16-23-18-32(28(34)29(5,6)35)15-14-22(23)17-25(24)36-7;1-7(9)5-6-8(2,3)4/h10-13,16-17,19,30,35H,8-9,14-15,18H2,1-7H3,(H,31,33);9H,5-6H2,1-4H3/b13-10-,20-12+,21-11-,30-26?;. The average Bonchev–Trinajstić information content (AvgIpc) is 2.96. The number of nitrogens with zero attached hydrogens (tertiary/aromatic N) is 1. The van der Waals surface area contributed by atoms with E-state index in [1.807, 2.05) is 45.1 Å². The van der Waals surface area contributed by atoms with E-state index < -0.39 is 5.60 Å². The van der Waals surface area contributed by atoms with Gasteiger partial charge in [-0.2, -0.15) is 0 Å². The fraction of sp³-hybridized carbons (Fsp3) is 0.568. The molecule has 0 spiro atoms. The Morgan fingerprint density at radius 3 is 2.24 bits per heavy atom. The molecule has 0 aliphatic carbocycles. The zero-order valence-corrected chi connectivity index (χ0v) is 29.6. The normalized spacial score (nSPS) is 14.7. The van der Waals surface area contributed by atoms with Crippen molar-refractivity contribution in [3.63, 3.8) is 0 Å². The third-order valence-corrected chi connectivity index (χ3v) is 7.61. The molecule has 2 amide bonds. The molecule has 8 heteroatoms. The van der Waals surface area contributed by atoms with Crippen molar-refractivity contribution in [2.75, 3.05) is 13.7 Å². The van der Waals surface area contributed by atoms with E-state index in [1.165, 1.54) is 21.0 Å². The first-order valence-electron chi connectivity index (χ1n) is 16.0. The van der Waals surface area contributed by atoms with Gasteiger partial charge in [0.1, 0.15) is 11.4 Å². The topological polar surface area (TPSA) is 127 Å². The molecule has 0 fully saturated rings. The number of allylic oxidation sites excluding steroid dienone is 6. The number of hydrogen-bond donors (Lipinski definition) is 4. The van der Waals surface area contributed by atoms with Gasteiger partial charge in [0.15, 0.2) is 0 Å². The highest BCUT2D eigenvalue weighted by atomic mass is 16.5. The molecule has 1 unspecified atom stereocenters. The molecule has 45 heavy (non-hydrogen) atoms. The van der Waals surface area contributed by atoms with E-state index in [4.69, 9.17) is 15.6 Å². The summed E-state index contributed by atoms with van der Waals surface area (Å²) in [6, 6.07) is 3.63. The van der Waals surface area contributed by atoms with Crippen LogP contribution in [-0.4, -0.2) is 52.5 Å². The van der Waals surface area contributed by atoms with Gasteiger partial charge in [-0.15, -0.1) is 0 Å². The summed E-state index contributed by atoms with van der Waals surface area (Å²) >= 11 is 0. The van der Waals surface area contributed by atoms with Crippen LogP contribution in [0.2, 0.25) is 0 Å². The van der Waals surface area contributed by atoms with Gasteiger partial charge in [-0.3, -0.25) is 9.59 Å². The Morgan fingerprint density at radius 2 is 1.76 bits per heavy atom. The van der Waals surface area contributed by atoms with Gasteiger partial charge in [0, 0.05) is 30.2 Å². The highest BCUT2D eigenvalue weighted by Gasteiger charge is 2.32. The van der Waals surface area contributed by atoms with E-state index in [0.29, 0.717) is 47.6 Å².